The molecule has 2 aliphatic carbocycles. The first-order chi connectivity index (χ1) is 32.9. The zero-order chi connectivity index (χ0) is 50.0. The summed E-state index contributed by atoms with van der Waals surface area (Å²) in [5, 5.41) is 4.17. The molecule has 2 saturated carbocycles. The molecule has 384 valence electrons. The summed E-state index contributed by atoms with van der Waals surface area (Å²) in [4.78, 5) is 51.7. The Hall–Kier alpha value is -4.27. The van der Waals surface area contributed by atoms with Crippen molar-refractivity contribution in [3.63, 3.8) is 0 Å². The summed E-state index contributed by atoms with van der Waals surface area (Å²) in [5.74, 6) is 1.73. The largest absolute Gasteiger partial charge is 0.444 e. The van der Waals surface area contributed by atoms with Crippen molar-refractivity contribution >= 4 is 53.0 Å². The van der Waals surface area contributed by atoms with Crippen molar-refractivity contribution in [2.24, 2.45) is 61.3 Å². The fourth-order valence-electron chi connectivity index (χ4n) is 11.7. The molecule has 14 nitrogen and oxygen atoms in total. The van der Waals surface area contributed by atoms with Crippen LogP contribution in [0.2, 0.25) is 10.0 Å². The lowest BCUT2D eigenvalue weighted by atomic mass is 9.61. The molecule has 6 rings (SSSR count). The van der Waals surface area contributed by atoms with Gasteiger partial charge in [-0.1, -0.05) is 86.0 Å². The molecule has 11 N–H and O–H groups in total. The van der Waals surface area contributed by atoms with E-state index in [1.807, 2.05) is 67.0 Å². The van der Waals surface area contributed by atoms with Gasteiger partial charge in [-0.25, -0.2) is 4.79 Å². The van der Waals surface area contributed by atoms with Crippen LogP contribution >= 0.6 is 23.2 Å². The van der Waals surface area contributed by atoms with Gasteiger partial charge in [0.05, 0.1) is 6.04 Å². The molecule has 2 saturated heterocycles. The smallest absolute Gasteiger partial charge is 0.408 e. The number of nitrogens with one attached hydrogen (secondary N) is 1. The summed E-state index contributed by atoms with van der Waals surface area (Å²) in [6.07, 6.45) is 21.5. The lowest BCUT2D eigenvalue weighted by Gasteiger charge is -2.49. The number of guanidine groups is 2. The van der Waals surface area contributed by atoms with E-state index in [0.29, 0.717) is 60.4 Å². The second-order valence-corrected chi connectivity index (χ2v) is 22.2. The van der Waals surface area contributed by atoms with Crippen LogP contribution < -0.4 is 34.0 Å². The number of rotatable bonds is 17. The van der Waals surface area contributed by atoms with Crippen LogP contribution in [0.1, 0.15) is 147 Å². The maximum absolute atomic E-state index is 13.8. The number of carbonyl (C=O) groups excluding carboxylic acids is 3. The minimum Gasteiger partial charge on any atom is -0.444 e. The minimum absolute atomic E-state index is 0.0627. The predicted octanol–water partition coefficient (Wildman–Crippen LogP) is 8.47. The van der Waals surface area contributed by atoms with E-state index < -0.39 is 23.8 Å². The summed E-state index contributed by atoms with van der Waals surface area (Å²) in [6, 6.07) is 13.7. The first kappa shape index (κ1) is 55.7. The molecular formula is C53H84Cl2N10O4. The molecule has 2 atom stereocenters. The zero-order valence-corrected chi connectivity index (χ0v) is 43.4. The van der Waals surface area contributed by atoms with Gasteiger partial charge >= 0.3 is 6.09 Å². The molecule has 4 aliphatic rings. The molecule has 0 aromatic heterocycles. The summed E-state index contributed by atoms with van der Waals surface area (Å²) in [5.41, 5.74) is 30.2. The molecule has 2 heterocycles. The fourth-order valence-corrected chi connectivity index (χ4v) is 12.0. The SMILES string of the molecule is CC(C)(C)OC(=O)N[C@H](Cc1ccc(Cl)cc1)C(=O)N1CCC(CCCN=C(N)N)(C2CCCCC2)CC1.NC(N)=NCCCC1(C2CCCCC2)CCN(C(=O)[C@H](N)Cc2ccc(Cl)cc2)CC1. The van der Waals surface area contributed by atoms with Crippen molar-refractivity contribution in [2.75, 3.05) is 39.3 Å². The van der Waals surface area contributed by atoms with Crippen LogP contribution in [0.5, 0.6) is 0 Å². The number of nitrogens with zero attached hydrogens (tertiary/aromatic N) is 4. The van der Waals surface area contributed by atoms with E-state index in [9.17, 15) is 14.4 Å². The average molecular weight is 996 g/mol. The third kappa shape index (κ3) is 17.8. The van der Waals surface area contributed by atoms with Crippen LogP contribution in [0.15, 0.2) is 58.5 Å². The number of alkyl carbamates (subject to hydrolysis) is 1. The zero-order valence-electron chi connectivity index (χ0n) is 41.9. The second kappa shape index (κ2) is 26.8. The summed E-state index contributed by atoms with van der Waals surface area (Å²) in [6.45, 7) is 9.73. The van der Waals surface area contributed by atoms with Crippen LogP contribution in [-0.4, -0.2) is 96.6 Å². The normalized spacial score (nSPS) is 19.5. The molecule has 4 fully saturated rings. The molecule has 0 unspecified atom stereocenters. The number of benzene rings is 2. The van der Waals surface area contributed by atoms with Crippen LogP contribution in [0.3, 0.4) is 0 Å². The number of hydrogen-bond donors (Lipinski definition) is 6. The number of nitrogens with two attached hydrogens (primary N) is 5. The molecule has 16 heteroatoms. The van der Waals surface area contributed by atoms with E-state index in [-0.39, 0.29) is 29.1 Å². The number of carbonyl (C=O) groups is 3. The van der Waals surface area contributed by atoms with E-state index in [1.165, 1.54) is 64.2 Å². The Balaban J connectivity index is 0.000000263. The van der Waals surface area contributed by atoms with E-state index in [1.54, 1.807) is 12.1 Å². The average Bonchev–Trinajstić information content (AvgIpc) is 3.33. The Morgan fingerprint density at radius 1 is 0.652 bits per heavy atom. The highest BCUT2D eigenvalue weighted by molar-refractivity contribution is 6.30. The van der Waals surface area contributed by atoms with Gasteiger partial charge in [0.25, 0.3) is 0 Å². The number of halogens is 2. The van der Waals surface area contributed by atoms with E-state index >= 15 is 0 Å². The van der Waals surface area contributed by atoms with Crippen molar-refractivity contribution in [3.8, 4) is 0 Å². The van der Waals surface area contributed by atoms with Crippen LogP contribution in [0.25, 0.3) is 0 Å². The van der Waals surface area contributed by atoms with Gasteiger partial charge in [0, 0.05) is 55.7 Å². The van der Waals surface area contributed by atoms with Crippen molar-refractivity contribution < 1.29 is 19.1 Å². The molecule has 2 aromatic rings. The Kier molecular flexibility index (Phi) is 21.6. The summed E-state index contributed by atoms with van der Waals surface area (Å²) >= 11 is 12.0. The Morgan fingerprint density at radius 2 is 1.04 bits per heavy atom. The van der Waals surface area contributed by atoms with Crippen LogP contribution in [0, 0.1) is 22.7 Å². The van der Waals surface area contributed by atoms with Crippen molar-refractivity contribution in [2.45, 2.75) is 167 Å². The van der Waals surface area contributed by atoms with Crippen LogP contribution in [0.4, 0.5) is 4.79 Å². The summed E-state index contributed by atoms with van der Waals surface area (Å²) in [7, 11) is 0. The Labute approximate surface area is 422 Å². The molecule has 69 heavy (non-hydrogen) atoms. The fraction of sp³-hybridized carbons (Fsp3) is 0.679. The molecule has 3 amide bonds. The van der Waals surface area contributed by atoms with Crippen LogP contribution in [-0.2, 0) is 27.2 Å². The number of amides is 3. The second-order valence-electron chi connectivity index (χ2n) is 21.3. The highest BCUT2D eigenvalue weighted by atomic mass is 35.5. The highest BCUT2D eigenvalue weighted by Gasteiger charge is 2.44. The lowest BCUT2D eigenvalue weighted by molar-refractivity contribution is -0.137. The molecule has 0 bridgehead atoms. The van der Waals surface area contributed by atoms with Crippen molar-refractivity contribution in [1.82, 2.24) is 15.1 Å². The lowest BCUT2D eigenvalue weighted by Crippen LogP contribution is -2.54. The maximum atomic E-state index is 13.8. The van der Waals surface area contributed by atoms with Gasteiger partial charge in [0.15, 0.2) is 11.9 Å². The van der Waals surface area contributed by atoms with E-state index in [0.717, 1.165) is 81.5 Å². The third-order valence-corrected chi connectivity index (χ3v) is 15.9. The third-order valence-electron chi connectivity index (χ3n) is 15.4. The van der Waals surface area contributed by atoms with Crippen molar-refractivity contribution in [3.05, 3.63) is 69.7 Å². The van der Waals surface area contributed by atoms with Crippen molar-refractivity contribution in [1.29, 1.82) is 0 Å². The Morgan fingerprint density at radius 3 is 1.43 bits per heavy atom. The van der Waals surface area contributed by atoms with Gasteiger partial charge in [0.1, 0.15) is 11.6 Å². The molecule has 0 spiro atoms. The van der Waals surface area contributed by atoms with Gasteiger partial charge in [0.2, 0.25) is 11.8 Å². The highest BCUT2D eigenvalue weighted by Crippen LogP contribution is 2.50. The standard InChI is InChI=1S/C29H46ClN5O3.C24H38ClN5O/c1-28(2,3)38-27(37)34-24(20-21-10-12-23(30)13-11-21)25(36)35-18-15-29(16-19-35,14-7-17-33-26(31)32)22-8-5-4-6-9-22;25-20-9-7-18(8-10-20)17-21(26)22(31)30-15-12-24(13-16-30,11-4-14-29-23(27)28)19-5-2-1-3-6-19/h10-13,22,24H,4-9,14-20H2,1-3H3,(H,34,37)(H4,31,32,33);7-10,19,21H,1-6,11-17,26H2,(H4,27,28,29)/t24-;21-/m11/s1. The molecule has 2 aliphatic heterocycles. The topological polar surface area (TPSA) is 234 Å². The maximum Gasteiger partial charge on any atom is 0.408 e. The van der Waals surface area contributed by atoms with E-state index in [2.05, 4.69) is 15.3 Å². The molecule has 0 radical (unpaired) electrons. The number of piperidine rings is 2. The quantitative estimate of drug-likeness (QED) is 0.0506. The van der Waals surface area contributed by atoms with Gasteiger partial charge < -0.3 is 48.5 Å². The number of hydrogen-bond acceptors (Lipinski definition) is 7. The monoisotopic (exact) mass is 995 g/mol. The predicted molar refractivity (Wildman–Crippen MR) is 281 cm³/mol. The number of aliphatic imine (C=N–C) groups is 2. The number of ether oxygens (including phenoxy) is 1. The first-order valence-corrected chi connectivity index (χ1v) is 26.5. The van der Waals surface area contributed by atoms with Gasteiger partial charge in [-0.05, 0) is 162 Å². The summed E-state index contributed by atoms with van der Waals surface area (Å²) < 4.78 is 5.48. The minimum atomic E-state index is -0.713. The molecule has 2 aromatic carbocycles. The van der Waals surface area contributed by atoms with Gasteiger partial charge in [-0.3, -0.25) is 19.6 Å². The van der Waals surface area contributed by atoms with E-state index in [4.69, 9.17) is 56.6 Å². The number of likely N-dealkylation sites (tertiary alicyclic amines) is 2. The van der Waals surface area contributed by atoms with Gasteiger partial charge in [-0.15, -0.1) is 0 Å². The van der Waals surface area contributed by atoms with Gasteiger partial charge in [-0.2, -0.15) is 0 Å². The first-order valence-electron chi connectivity index (χ1n) is 25.8. The Bertz CT molecular complexity index is 1960. The molecular weight excluding hydrogens is 912 g/mol.